The van der Waals surface area contributed by atoms with Gasteiger partial charge in [-0.3, -0.25) is 9.69 Å². The van der Waals surface area contributed by atoms with Crippen molar-refractivity contribution in [2.45, 2.75) is 25.3 Å². The summed E-state index contributed by atoms with van der Waals surface area (Å²) in [6.45, 7) is 6.60. The molecule has 1 fully saturated rings. The molecule has 176 valence electrons. The highest BCUT2D eigenvalue weighted by Crippen LogP contribution is 2.23. The second-order valence-corrected chi connectivity index (χ2v) is 10.8. The van der Waals surface area contributed by atoms with Gasteiger partial charge in [0.2, 0.25) is 10.0 Å². The van der Waals surface area contributed by atoms with Crippen LogP contribution in [0.5, 0.6) is 0 Å². The Morgan fingerprint density at radius 3 is 2.36 bits per heavy atom. The Labute approximate surface area is 195 Å². The molecule has 1 saturated heterocycles. The molecule has 4 rings (SSSR count). The van der Waals surface area contributed by atoms with Gasteiger partial charge in [0.15, 0.2) is 0 Å². The molecule has 1 aromatic heterocycles. The molecule has 0 saturated carbocycles. The lowest BCUT2D eigenvalue weighted by molar-refractivity contribution is 0.0827. The molecule has 0 spiro atoms. The number of imidazole rings is 1. The number of fused-ring (bicyclic) bond motifs is 1. The molecule has 0 N–H and O–H groups in total. The highest BCUT2D eigenvalue weighted by molar-refractivity contribution is 7.89. The number of hydrogen-bond donors (Lipinski definition) is 0. The van der Waals surface area contributed by atoms with Gasteiger partial charge in [-0.15, -0.1) is 0 Å². The van der Waals surface area contributed by atoms with Crippen molar-refractivity contribution in [1.82, 2.24) is 23.7 Å². The molecule has 3 aromatic rings. The van der Waals surface area contributed by atoms with Crippen molar-refractivity contribution in [2.24, 2.45) is 7.05 Å². The lowest BCUT2D eigenvalue weighted by atomic mass is 10.2. The number of carbonyl (C=O) groups is 1. The zero-order valence-electron chi connectivity index (χ0n) is 19.9. The van der Waals surface area contributed by atoms with Crippen LogP contribution in [0.3, 0.4) is 0 Å². The van der Waals surface area contributed by atoms with Crippen LogP contribution in [-0.2, 0) is 23.6 Å². The summed E-state index contributed by atoms with van der Waals surface area (Å²) in [6, 6.07) is 11.0. The van der Waals surface area contributed by atoms with Crippen LogP contribution in [-0.4, -0.2) is 78.3 Å². The van der Waals surface area contributed by atoms with Crippen molar-refractivity contribution in [3.8, 4) is 0 Å². The number of aryl methyl sites for hydroxylation is 3. The second kappa shape index (κ2) is 8.89. The van der Waals surface area contributed by atoms with E-state index in [1.54, 1.807) is 29.4 Å². The molecule has 2 heterocycles. The SMILES string of the molecule is Cc1ccc(S(=O)(=O)N2CCN(Cc3nc4cc(C(=O)N(C)C)ccc4n3C)CC2)c(C)c1. The van der Waals surface area contributed by atoms with Gasteiger partial charge in [-0.2, -0.15) is 4.31 Å². The lowest BCUT2D eigenvalue weighted by Gasteiger charge is -2.34. The van der Waals surface area contributed by atoms with Crippen LogP contribution in [0.25, 0.3) is 11.0 Å². The zero-order valence-corrected chi connectivity index (χ0v) is 20.7. The van der Waals surface area contributed by atoms with E-state index in [2.05, 4.69) is 4.90 Å². The standard InChI is InChI=1S/C24H31N5O3S/c1-17-6-9-22(18(2)14-17)33(31,32)29-12-10-28(11-13-29)16-23-25-20-15-19(24(30)26(3)4)7-8-21(20)27(23)5/h6-9,14-15H,10-13,16H2,1-5H3. The van der Waals surface area contributed by atoms with Gasteiger partial charge in [-0.1, -0.05) is 17.7 Å². The maximum absolute atomic E-state index is 13.2. The molecule has 8 nitrogen and oxygen atoms in total. The maximum Gasteiger partial charge on any atom is 0.253 e. The van der Waals surface area contributed by atoms with E-state index in [0.29, 0.717) is 43.2 Å². The minimum Gasteiger partial charge on any atom is -0.345 e. The average molecular weight is 470 g/mol. The van der Waals surface area contributed by atoms with E-state index in [9.17, 15) is 13.2 Å². The smallest absolute Gasteiger partial charge is 0.253 e. The first kappa shape index (κ1) is 23.4. The Balaban J connectivity index is 1.46. The molecule has 2 aromatic carbocycles. The second-order valence-electron chi connectivity index (χ2n) is 8.94. The fourth-order valence-electron chi connectivity index (χ4n) is 4.34. The summed E-state index contributed by atoms with van der Waals surface area (Å²) in [6.07, 6.45) is 0. The van der Waals surface area contributed by atoms with Crippen LogP contribution in [0, 0.1) is 13.8 Å². The average Bonchev–Trinajstić information content (AvgIpc) is 3.07. The van der Waals surface area contributed by atoms with Crippen LogP contribution in [0.15, 0.2) is 41.3 Å². The number of amides is 1. The number of benzene rings is 2. The van der Waals surface area contributed by atoms with Gasteiger partial charge in [0.05, 0.1) is 22.5 Å². The fourth-order valence-corrected chi connectivity index (χ4v) is 5.97. The van der Waals surface area contributed by atoms with Crippen molar-refractivity contribution >= 4 is 27.0 Å². The minimum absolute atomic E-state index is 0.0507. The van der Waals surface area contributed by atoms with Gasteiger partial charge in [0.1, 0.15) is 5.82 Å². The monoisotopic (exact) mass is 469 g/mol. The third kappa shape index (κ3) is 4.53. The Kier molecular flexibility index (Phi) is 6.30. The minimum atomic E-state index is -3.50. The van der Waals surface area contributed by atoms with Gasteiger partial charge in [0.25, 0.3) is 5.91 Å². The zero-order chi connectivity index (χ0) is 23.9. The van der Waals surface area contributed by atoms with Crippen LogP contribution >= 0.6 is 0 Å². The number of aromatic nitrogens is 2. The molecule has 0 unspecified atom stereocenters. The molecule has 1 aliphatic heterocycles. The van der Waals surface area contributed by atoms with Crippen molar-refractivity contribution in [3.63, 3.8) is 0 Å². The van der Waals surface area contributed by atoms with Crippen molar-refractivity contribution in [1.29, 1.82) is 0 Å². The quantitative estimate of drug-likeness (QED) is 0.573. The normalized spacial score (nSPS) is 15.8. The van der Waals surface area contributed by atoms with Gasteiger partial charge in [0, 0.05) is 52.9 Å². The molecule has 9 heteroatoms. The van der Waals surface area contributed by atoms with Crippen molar-refractivity contribution in [2.75, 3.05) is 40.3 Å². The van der Waals surface area contributed by atoms with E-state index < -0.39 is 10.0 Å². The van der Waals surface area contributed by atoms with E-state index in [1.807, 2.05) is 55.8 Å². The molecule has 33 heavy (non-hydrogen) atoms. The molecule has 0 atom stereocenters. The summed E-state index contributed by atoms with van der Waals surface area (Å²) in [7, 11) is 1.93. The number of hydrogen-bond acceptors (Lipinski definition) is 5. The molecule has 1 aliphatic rings. The van der Waals surface area contributed by atoms with E-state index in [4.69, 9.17) is 4.98 Å². The molecule has 0 bridgehead atoms. The number of sulfonamides is 1. The predicted molar refractivity (Wildman–Crippen MR) is 129 cm³/mol. The predicted octanol–water partition coefficient (Wildman–Crippen LogP) is 2.40. The first-order valence-electron chi connectivity index (χ1n) is 11.0. The highest BCUT2D eigenvalue weighted by Gasteiger charge is 2.30. The summed E-state index contributed by atoms with van der Waals surface area (Å²) >= 11 is 0. The highest BCUT2D eigenvalue weighted by atomic mass is 32.2. The molecule has 1 amide bonds. The Bertz CT molecular complexity index is 1310. The molecule has 0 radical (unpaired) electrons. The topological polar surface area (TPSA) is 78.8 Å². The largest absolute Gasteiger partial charge is 0.345 e. The first-order valence-corrected chi connectivity index (χ1v) is 12.5. The summed E-state index contributed by atoms with van der Waals surface area (Å²) in [4.78, 5) is 21.2. The van der Waals surface area contributed by atoms with Crippen LogP contribution in [0.1, 0.15) is 27.3 Å². The molecule has 0 aliphatic carbocycles. The Morgan fingerprint density at radius 2 is 1.73 bits per heavy atom. The van der Waals surface area contributed by atoms with Crippen LogP contribution in [0.2, 0.25) is 0 Å². The Morgan fingerprint density at radius 1 is 1.03 bits per heavy atom. The summed E-state index contributed by atoms with van der Waals surface area (Å²) in [5.41, 5.74) is 4.20. The fraction of sp³-hybridized carbons (Fsp3) is 0.417. The number of nitrogens with zero attached hydrogens (tertiary/aromatic N) is 5. The van der Waals surface area contributed by atoms with E-state index in [1.165, 1.54) is 0 Å². The van der Waals surface area contributed by atoms with Gasteiger partial charge in [-0.25, -0.2) is 13.4 Å². The third-order valence-corrected chi connectivity index (χ3v) is 8.33. The van der Waals surface area contributed by atoms with Gasteiger partial charge >= 0.3 is 0 Å². The number of carbonyl (C=O) groups excluding carboxylic acids is 1. The van der Waals surface area contributed by atoms with E-state index in [0.717, 1.165) is 28.0 Å². The van der Waals surface area contributed by atoms with Crippen molar-refractivity contribution < 1.29 is 13.2 Å². The summed E-state index contributed by atoms with van der Waals surface area (Å²) in [5.74, 6) is 0.843. The van der Waals surface area contributed by atoms with E-state index >= 15 is 0 Å². The number of piperazine rings is 1. The summed E-state index contributed by atoms with van der Waals surface area (Å²) < 4.78 is 29.9. The van der Waals surface area contributed by atoms with Gasteiger partial charge < -0.3 is 9.47 Å². The molecular formula is C24H31N5O3S. The maximum atomic E-state index is 13.2. The molecular weight excluding hydrogens is 438 g/mol. The summed E-state index contributed by atoms with van der Waals surface area (Å²) in [5, 5.41) is 0. The van der Waals surface area contributed by atoms with Crippen molar-refractivity contribution in [3.05, 3.63) is 58.9 Å². The third-order valence-electron chi connectivity index (χ3n) is 6.27. The number of rotatable bonds is 5. The Hall–Kier alpha value is -2.75. The van der Waals surface area contributed by atoms with Gasteiger partial charge in [-0.05, 0) is 43.7 Å². The van der Waals surface area contributed by atoms with Crippen LogP contribution < -0.4 is 0 Å². The van der Waals surface area contributed by atoms with Crippen LogP contribution in [0.4, 0.5) is 0 Å². The van der Waals surface area contributed by atoms with E-state index in [-0.39, 0.29) is 5.91 Å². The first-order chi connectivity index (χ1) is 15.6. The lowest BCUT2D eigenvalue weighted by Crippen LogP contribution is -2.48.